The zero-order valence-electron chi connectivity index (χ0n) is 8.11. The maximum Gasteiger partial charge on any atom is 0.0346 e. The van der Waals surface area contributed by atoms with Crippen LogP contribution in [0.3, 0.4) is 0 Å². The van der Waals surface area contributed by atoms with Crippen LogP contribution in [0.4, 0.5) is 0 Å². The van der Waals surface area contributed by atoms with E-state index in [1.807, 2.05) is 18.5 Å². The third-order valence-corrected chi connectivity index (χ3v) is 2.40. The lowest BCUT2D eigenvalue weighted by Crippen LogP contribution is -2.00. The topological polar surface area (TPSA) is 38.9 Å². The first kappa shape index (κ1) is 9.16. The average Bonchev–Trinajstić information content (AvgIpc) is 2.26. The van der Waals surface area contributed by atoms with Gasteiger partial charge >= 0.3 is 0 Å². The molecule has 0 radical (unpaired) electrons. The van der Waals surface area contributed by atoms with E-state index in [1.165, 1.54) is 16.3 Å². The van der Waals surface area contributed by atoms with E-state index >= 15 is 0 Å². The van der Waals surface area contributed by atoms with Crippen molar-refractivity contribution in [2.45, 2.75) is 12.8 Å². The maximum absolute atomic E-state index is 5.50. The highest BCUT2D eigenvalue weighted by Gasteiger charge is 1.99. The Morgan fingerprint density at radius 2 is 2.00 bits per heavy atom. The Morgan fingerprint density at radius 3 is 2.86 bits per heavy atom. The molecule has 0 fully saturated rings. The second-order valence-corrected chi connectivity index (χ2v) is 3.41. The fourth-order valence-corrected chi connectivity index (χ4v) is 1.67. The van der Waals surface area contributed by atoms with Crippen LogP contribution in [-0.4, -0.2) is 11.5 Å². The smallest absolute Gasteiger partial charge is 0.0346 e. The van der Waals surface area contributed by atoms with Gasteiger partial charge in [0.15, 0.2) is 0 Å². The van der Waals surface area contributed by atoms with Gasteiger partial charge in [0, 0.05) is 17.8 Å². The molecule has 0 unspecified atom stereocenters. The Labute approximate surface area is 83.8 Å². The van der Waals surface area contributed by atoms with E-state index in [4.69, 9.17) is 5.73 Å². The zero-order valence-corrected chi connectivity index (χ0v) is 8.11. The second kappa shape index (κ2) is 4.20. The summed E-state index contributed by atoms with van der Waals surface area (Å²) in [5, 5.41) is 2.51. The molecule has 2 N–H and O–H groups in total. The van der Waals surface area contributed by atoms with Crippen molar-refractivity contribution in [3.05, 3.63) is 42.2 Å². The standard InChI is InChI=1S/C12H14N2/c13-7-3-5-11-9-14-8-10-4-1-2-6-12(10)11/h1-2,4,6,8-9H,3,5,7,13H2. The summed E-state index contributed by atoms with van der Waals surface area (Å²) in [5.41, 5.74) is 6.80. The molecule has 2 heteroatoms. The Balaban J connectivity index is 2.43. The van der Waals surface area contributed by atoms with Gasteiger partial charge in [0.25, 0.3) is 0 Å². The lowest BCUT2D eigenvalue weighted by molar-refractivity contribution is 0.834. The van der Waals surface area contributed by atoms with Gasteiger partial charge in [-0.3, -0.25) is 4.98 Å². The van der Waals surface area contributed by atoms with E-state index in [0.717, 1.165) is 19.4 Å². The fourth-order valence-electron chi connectivity index (χ4n) is 1.67. The Kier molecular flexibility index (Phi) is 2.75. The molecule has 1 heterocycles. The normalized spacial score (nSPS) is 10.6. The Hall–Kier alpha value is -1.41. The number of hydrogen-bond donors (Lipinski definition) is 1. The van der Waals surface area contributed by atoms with Crippen molar-refractivity contribution < 1.29 is 0 Å². The lowest BCUT2D eigenvalue weighted by Gasteiger charge is -2.04. The number of nitrogens with zero attached hydrogens (tertiary/aromatic N) is 1. The number of nitrogens with two attached hydrogens (primary N) is 1. The molecule has 0 bridgehead atoms. The summed E-state index contributed by atoms with van der Waals surface area (Å²) in [4.78, 5) is 4.22. The molecule has 2 rings (SSSR count). The number of benzene rings is 1. The fraction of sp³-hybridized carbons (Fsp3) is 0.250. The number of rotatable bonds is 3. The monoisotopic (exact) mass is 186 g/mol. The van der Waals surface area contributed by atoms with Crippen LogP contribution in [-0.2, 0) is 6.42 Å². The van der Waals surface area contributed by atoms with Crippen molar-refractivity contribution >= 4 is 10.8 Å². The predicted octanol–water partition coefficient (Wildman–Crippen LogP) is 2.13. The molecule has 1 aromatic heterocycles. The van der Waals surface area contributed by atoms with Gasteiger partial charge in [-0.1, -0.05) is 24.3 Å². The highest BCUT2D eigenvalue weighted by Crippen LogP contribution is 2.17. The van der Waals surface area contributed by atoms with Crippen LogP contribution in [0.1, 0.15) is 12.0 Å². The van der Waals surface area contributed by atoms with Crippen LogP contribution >= 0.6 is 0 Å². The third-order valence-electron chi connectivity index (χ3n) is 2.40. The second-order valence-electron chi connectivity index (χ2n) is 3.41. The molecule has 14 heavy (non-hydrogen) atoms. The summed E-state index contributed by atoms with van der Waals surface area (Å²) in [6.07, 6.45) is 5.89. The zero-order chi connectivity index (χ0) is 9.80. The van der Waals surface area contributed by atoms with Gasteiger partial charge in [0.1, 0.15) is 0 Å². The molecular weight excluding hydrogens is 172 g/mol. The van der Waals surface area contributed by atoms with Gasteiger partial charge in [-0.25, -0.2) is 0 Å². The maximum atomic E-state index is 5.50. The molecule has 0 atom stereocenters. The summed E-state index contributed by atoms with van der Waals surface area (Å²) in [7, 11) is 0. The van der Waals surface area contributed by atoms with Crippen LogP contribution in [0.25, 0.3) is 10.8 Å². The molecule has 0 saturated carbocycles. The molecule has 0 amide bonds. The molecule has 72 valence electrons. The van der Waals surface area contributed by atoms with Gasteiger partial charge in [0.2, 0.25) is 0 Å². The Morgan fingerprint density at radius 1 is 1.14 bits per heavy atom. The van der Waals surface area contributed by atoms with Gasteiger partial charge in [-0.15, -0.1) is 0 Å². The van der Waals surface area contributed by atoms with Crippen molar-refractivity contribution in [1.82, 2.24) is 4.98 Å². The molecule has 0 aliphatic heterocycles. The summed E-state index contributed by atoms with van der Waals surface area (Å²) >= 11 is 0. The van der Waals surface area contributed by atoms with Crippen molar-refractivity contribution in [2.75, 3.05) is 6.54 Å². The van der Waals surface area contributed by atoms with Gasteiger partial charge in [0.05, 0.1) is 0 Å². The largest absolute Gasteiger partial charge is 0.330 e. The first-order chi connectivity index (χ1) is 6.92. The SMILES string of the molecule is NCCCc1cncc2ccccc12. The van der Waals surface area contributed by atoms with Gasteiger partial charge in [-0.2, -0.15) is 0 Å². The minimum absolute atomic E-state index is 0.739. The quantitative estimate of drug-likeness (QED) is 0.797. The number of hydrogen-bond acceptors (Lipinski definition) is 2. The number of aryl methyl sites for hydroxylation is 1. The van der Waals surface area contributed by atoms with E-state index in [2.05, 4.69) is 23.2 Å². The first-order valence-corrected chi connectivity index (χ1v) is 4.93. The third kappa shape index (κ3) is 1.75. The van der Waals surface area contributed by atoms with Crippen molar-refractivity contribution in [3.63, 3.8) is 0 Å². The Bertz CT molecular complexity index is 418. The van der Waals surface area contributed by atoms with Crippen molar-refractivity contribution in [3.8, 4) is 0 Å². The predicted molar refractivity (Wildman–Crippen MR) is 59.1 cm³/mol. The first-order valence-electron chi connectivity index (χ1n) is 4.93. The minimum Gasteiger partial charge on any atom is -0.330 e. The van der Waals surface area contributed by atoms with E-state index < -0.39 is 0 Å². The van der Waals surface area contributed by atoms with Gasteiger partial charge in [-0.05, 0) is 30.3 Å². The summed E-state index contributed by atoms with van der Waals surface area (Å²) in [5.74, 6) is 0. The van der Waals surface area contributed by atoms with Crippen LogP contribution in [0, 0.1) is 0 Å². The van der Waals surface area contributed by atoms with Crippen molar-refractivity contribution in [1.29, 1.82) is 0 Å². The van der Waals surface area contributed by atoms with E-state index in [9.17, 15) is 0 Å². The summed E-state index contributed by atoms with van der Waals surface area (Å²) in [6.45, 7) is 0.739. The summed E-state index contributed by atoms with van der Waals surface area (Å²) in [6, 6.07) is 8.34. The van der Waals surface area contributed by atoms with Crippen LogP contribution in [0.15, 0.2) is 36.7 Å². The molecule has 0 aliphatic rings. The molecule has 0 saturated heterocycles. The molecule has 0 aliphatic carbocycles. The number of fused-ring (bicyclic) bond motifs is 1. The summed E-state index contributed by atoms with van der Waals surface area (Å²) < 4.78 is 0. The average molecular weight is 186 g/mol. The number of pyridine rings is 1. The van der Waals surface area contributed by atoms with Crippen LogP contribution < -0.4 is 5.73 Å². The molecule has 1 aromatic carbocycles. The molecule has 0 spiro atoms. The van der Waals surface area contributed by atoms with Crippen molar-refractivity contribution in [2.24, 2.45) is 5.73 Å². The lowest BCUT2D eigenvalue weighted by atomic mass is 10.0. The molecule has 2 nitrogen and oxygen atoms in total. The molecular formula is C12H14N2. The highest BCUT2D eigenvalue weighted by molar-refractivity contribution is 5.84. The van der Waals surface area contributed by atoms with Crippen LogP contribution in [0.2, 0.25) is 0 Å². The van der Waals surface area contributed by atoms with E-state index in [1.54, 1.807) is 0 Å². The highest BCUT2D eigenvalue weighted by atomic mass is 14.6. The minimum atomic E-state index is 0.739. The van der Waals surface area contributed by atoms with E-state index in [-0.39, 0.29) is 0 Å². The number of aromatic nitrogens is 1. The molecule has 2 aromatic rings. The van der Waals surface area contributed by atoms with Gasteiger partial charge < -0.3 is 5.73 Å². The van der Waals surface area contributed by atoms with E-state index in [0.29, 0.717) is 0 Å². The van der Waals surface area contributed by atoms with Crippen LogP contribution in [0.5, 0.6) is 0 Å².